The van der Waals surface area contributed by atoms with Gasteiger partial charge in [0.15, 0.2) is 0 Å². The molecule has 0 atom stereocenters. The highest BCUT2D eigenvalue weighted by Gasteiger charge is 2.33. The van der Waals surface area contributed by atoms with Crippen LogP contribution >= 0.6 is 0 Å². The summed E-state index contributed by atoms with van der Waals surface area (Å²) in [5, 5.41) is 2.67. The molecule has 0 aliphatic carbocycles. The Morgan fingerprint density at radius 2 is 1.45 bits per heavy atom. The van der Waals surface area contributed by atoms with Crippen molar-refractivity contribution in [1.29, 1.82) is 0 Å². The monoisotopic (exact) mass is 463 g/mol. The van der Waals surface area contributed by atoms with E-state index < -0.39 is 27.7 Å². The Morgan fingerprint density at radius 3 is 2.09 bits per heavy atom. The molecular weight excluding hydrogens is 442 g/mol. The lowest BCUT2D eigenvalue weighted by Crippen LogP contribution is -2.24. The normalized spacial score (nSPS) is 13.1. The Balaban J connectivity index is 1.51. The van der Waals surface area contributed by atoms with Gasteiger partial charge in [-0.1, -0.05) is 18.2 Å². The van der Waals surface area contributed by atoms with E-state index in [1.54, 1.807) is 0 Å². The summed E-state index contributed by atoms with van der Waals surface area (Å²) in [7, 11) is -2.43. The van der Waals surface area contributed by atoms with Crippen molar-refractivity contribution in [3.05, 3.63) is 88.5 Å². The van der Waals surface area contributed by atoms with Crippen LogP contribution in [0.25, 0.3) is 0 Å². The smallest absolute Gasteiger partial charge is 0.261 e. The summed E-state index contributed by atoms with van der Waals surface area (Å²) < 4.78 is 28.2. The molecule has 0 aromatic heterocycles. The maximum Gasteiger partial charge on any atom is 0.261 e. The number of benzene rings is 3. The summed E-state index contributed by atoms with van der Waals surface area (Å²) in [5.41, 5.74) is 3.17. The fourth-order valence-corrected chi connectivity index (χ4v) is 4.79. The van der Waals surface area contributed by atoms with Crippen LogP contribution in [0.3, 0.4) is 0 Å². The Morgan fingerprint density at radius 1 is 0.848 bits per heavy atom. The molecule has 168 valence electrons. The van der Waals surface area contributed by atoms with E-state index in [0.29, 0.717) is 11.4 Å². The van der Waals surface area contributed by atoms with Gasteiger partial charge in [-0.05, 0) is 67.4 Å². The Hall–Kier alpha value is -3.98. The molecule has 3 aromatic rings. The van der Waals surface area contributed by atoms with Crippen molar-refractivity contribution in [2.45, 2.75) is 18.7 Å². The molecule has 33 heavy (non-hydrogen) atoms. The van der Waals surface area contributed by atoms with Crippen LogP contribution < -0.4 is 10.0 Å². The molecule has 0 spiro atoms. The van der Waals surface area contributed by atoms with Crippen molar-refractivity contribution in [2.75, 3.05) is 17.1 Å². The van der Waals surface area contributed by atoms with Crippen LogP contribution in [0, 0.1) is 13.8 Å². The van der Waals surface area contributed by atoms with Gasteiger partial charge in [0.05, 0.1) is 21.7 Å². The second-order valence-corrected chi connectivity index (χ2v) is 9.46. The van der Waals surface area contributed by atoms with Crippen molar-refractivity contribution in [1.82, 2.24) is 4.90 Å². The molecule has 0 saturated carbocycles. The highest BCUT2D eigenvalue weighted by Crippen LogP contribution is 2.25. The van der Waals surface area contributed by atoms with E-state index in [2.05, 4.69) is 10.0 Å². The predicted octanol–water partition coefficient (Wildman–Crippen LogP) is 3.58. The molecule has 8 nitrogen and oxygen atoms in total. The van der Waals surface area contributed by atoms with Crippen molar-refractivity contribution in [2.24, 2.45) is 0 Å². The summed E-state index contributed by atoms with van der Waals surface area (Å²) >= 11 is 0. The fraction of sp³-hybridized carbons (Fsp3) is 0.125. The largest absolute Gasteiger partial charge is 0.322 e. The third-order valence-corrected chi connectivity index (χ3v) is 6.86. The number of nitrogens with zero attached hydrogens (tertiary/aromatic N) is 1. The second kappa shape index (κ2) is 8.18. The van der Waals surface area contributed by atoms with E-state index in [1.165, 1.54) is 49.5 Å². The third kappa shape index (κ3) is 4.10. The van der Waals surface area contributed by atoms with Gasteiger partial charge in [0.2, 0.25) is 0 Å². The van der Waals surface area contributed by atoms with Crippen molar-refractivity contribution in [3.8, 4) is 0 Å². The van der Waals surface area contributed by atoms with Gasteiger partial charge in [-0.2, -0.15) is 0 Å². The highest BCUT2D eigenvalue weighted by molar-refractivity contribution is 7.92. The zero-order valence-electron chi connectivity index (χ0n) is 18.2. The van der Waals surface area contributed by atoms with Crippen molar-refractivity contribution in [3.63, 3.8) is 0 Å². The molecule has 2 N–H and O–H groups in total. The number of rotatable bonds is 5. The van der Waals surface area contributed by atoms with Gasteiger partial charge >= 0.3 is 0 Å². The van der Waals surface area contributed by atoms with E-state index in [9.17, 15) is 22.8 Å². The van der Waals surface area contributed by atoms with Crippen LogP contribution in [0.2, 0.25) is 0 Å². The van der Waals surface area contributed by atoms with Crippen molar-refractivity contribution < 1.29 is 22.8 Å². The molecule has 4 rings (SSSR count). The number of hydrogen-bond acceptors (Lipinski definition) is 5. The third-order valence-electron chi connectivity index (χ3n) is 5.49. The summed E-state index contributed by atoms with van der Waals surface area (Å²) in [5.74, 6) is -1.36. The molecule has 0 saturated heterocycles. The van der Waals surface area contributed by atoms with E-state index in [0.717, 1.165) is 16.0 Å². The van der Waals surface area contributed by atoms with Crippen LogP contribution in [0.4, 0.5) is 11.4 Å². The summed E-state index contributed by atoms with van der Waals surface area (Å²) in [4.78, 5) is 37.8. The minimum Gasteiger partial charge on any atom is -0.322 e. The van der Waals surface area contributed by atoms with Crippen molar-refractivity contribution >= 4 is 39.1 Å². The number of carbonyl (C=O) groups is 3. The molecule has 0 bridgehead atoms. The number of sulfonamides is 1. The summed E-state index contributed by atoms with van der Waals surface area (Å²) in [6.07, 6.45) is 0. The number of nitrogens with one attached hydrogen (secondary N) is 2. The van der Waals surface area contributed by atoms with Crippen LogP contribution in [0.1, 0.15) is 42.2 Å². The molecule has 3 amide bonds. The average Bonchev–Trinajstić information content (AvgIpc) is 3.00. The lowest BCUT2D eigenvalue weighted by molar-refractivity contribution is 0.0693. The summed E-state index contributed by atoms with van der Waals surface area (Å²) in [6.45, 7) is 3.65. The quantitative estimate of drug-likeness (QED) is 0.562. The van der Waals surface area contributed by atoms with Gasteiger partial charge in [0.25, 0.3) is 27.7 Å². The second-order valence-electron chi connectivity index (χ2n) is 7.78. The first-order valence-corrected chi connectivity index (χ1v) is 11.5. The molecule has 0 fully saturated rings. The minimum atomic E-state index is -3.82. The van der Waals surface area contributed by atoms with E-state index >= 15 is 0 Å². The van der Waals surface area contributed by atoms with Gasteiger partial charge in [-0.25, -0.2) is 8.42 Å². The number of para-hydroxylation sites is 1. The number of carbonyl (C=O) groups excluding carboxylic acids is 3. The number of anilines is 2. The number of amides is 3. The molecule has 0 radical (unpaired) electrons. The predicted molar refractivity (Wildman–Crippen MR) is 124 cm³/mol. The van der Waals surface area contributed by atoms with Crippen LogP contribution in [-0.4, -0.2) is 38.1 Å². The zero-order valence-corrected chi connectivity index (χ0v) is 19.0. The number of aryl methyl sites for hydroxylation is 2. The average molecular weight is 464 g/mol. The zero-order chi connectivity index (χ0) is 23.9. The first-order chi connectivity index (χ1) is 15.6. The van der Waals surface area contributed by atoms with Gasteiger partial charge in [0, 0.05) is 18.3 Å². The molecule has 0 unspecified atom stereocenters. The standard InChI is InChI=1S/C24H21N3O5S/c1-14-5-4-6-15(2)21(14)26-33(31,32)18-10-8-17(9-11-18)25-22(28)16-7-12-19-20(13-16)24(30)27(3)23(19)29/h4-13,26H,1-3H3,(H,25,28). The van der Waals surface area contributed by atoms with Crippen LogP contribution in [0.15, 0.2) is 65.6 Å². The van der Waals surface area contributed by atoms with Gasteiger partial charge in [-0.15, -0.1) is 0 Å². The molecule has 1 aliphatic rings. The lowest BCUT2D eigenvalue weighted by atomic mass is 10.1. The van der Waals surface area contributed by atoms with E-state index in [4.69, 9.17) is 0 Å². The fourth-order valence-electron chi connectivity index (χ4n) is 3.59. The number of imide groups is 1. The summed E-state index contributed by atoms with van der Waals surface area (Å²) in [6, 6.07) is 15.5. The van der Waals surface area contributed by atoms with Gasteiger partial charge in [0.1, 0.15) is 0 Å². The first-order valence-electron chi connectivity index (χ1n) is 10.1. The topological polar surface area (TPSA) is 113 Å². The number of hydrogen-bond donors (Lipinski definition) is 2. The maximum atomic E-state index is 12.8. The number of fused-ring (bicyclic) bond motifs is 1. The molecule has 1 heterocycles. The van der Waals surface area contributed by atoms with Crippen LogP contribution in [0.5, 0.6) is 0 Å². The molecule has 1 aliphatic heterocycles. The van der Waals surface area contributed by atoms with Gasteiger partial charge < -0.3 is 5.32 Å². The van der Waals surface area contributed by atoms with E-state index in [1.807, 2.05) is 32.0 Å². The Labute approximate surface area is 191 Å². The lowest BCUT2D eigenvalue weighted by Gasteiger charge is -2.13. The molecule has 3 aromatic carbocycles. The maximum absolute atomic E-state index is 12.8. The minimum absolute atomic E-state index is 0.0489. The Kier molecular flexibility index (Phi) is 5.51. The highest BCUT2D eigenvalue weighted by atomic mass is 32.2. The Bertz CT molecular complexity index is 1390. The molecule has 9 heteroatoms. The SMILES string of the molecule is Cc1cccc(C)c1NS(=O)(=O)c1ccc(NC(=O)c2ccc3c(c2)C(=O)N(C)C3=O)cc1. The molecular formula is C24H21N3O5S. The van der Waals surface area contributed by atoms with Crippen LogP contribution in [-0.2, 0) is 10.0 Å². The van der Waals surface area contributed by atoms with Gasteiger partial charge in [-0.3, -0.25) is 24.0 Å². The van der Waals surface area contributed by atoms with E-state index in [-0.39, 0.29) is 21.6 Å². The first kappa shape index (κ1) is 22.2.